The molecule has 17 heavy (non-hydrogen) atoms. The highest BCUT2D eigenvalue weighted by Crippen LogP contribution is 2.14. The zero-order valence-electron chi connectivity index (χ0n) is 10.8. The zero-order valence-corrected chi connectivity index (χ0v) is 11.6. The van der Waals surface area contributed by atoms with Gasteiger partial charge in [0.05, 0.1) is 0 Å². The van der Waals surface area contributed by atoms with E-state index in [2.05, 4.69) is 13.2 Å². The molecule has 0 spiro atoms. The lowest BCUT2D eigenvalue weighted by molar-refractivity contribution is 0.323. The third-order valence-corrected chi connectivity index (χ3v) is 2.63. The van der Waals surface area contributed by atoms with Crippen molar-refractivity contribution in [1.29, 1.82) is 0 Å². The summed E-state index contributed by atoms with van der Waals surface area (Å²) in [4.78, 5) is 1.10. The van der Waals surface area contributed by atoms with Gasteiger partial charge in [0.1, 0.15) is 11.5 Å². The highest BCUT2D eigenvalue weighted by Gasteiger charge is 1.93. The Kier molecular flexibility index (Phi) is 8.98. The number of rotatable bonds is 7. The SMILES string of the molecule is C=C/C(=C\C=C/C)O/C(C)=C/C=C(\C=C)SC. The van der Waals surface area contributed by atoms with Crippen molar-refractivity contribution < 1.29 is 4.74 Å². The molecule has 0 saturated carbocycles. The van der Waals surface area contributed by atoms with Gasteiger partial charge in [-0.2, -0.15) is 0 Å². The molecule has 0 aromatic carbocycles. The second-order valence-corrected chi connectivity index (χ2v) is 4.04. The summed E-state index contributed by atoms with van der Waals surface area (Å²) in [6.45, 7) is 11.3. The second kappa shape index (κ2) is 9.79. The molecule has 0 aromatic heterocycles. The highest BCUT2D eigenvalue weighted by molar-refractivity contribution is 8.02. The van der Waals surface area contributed by atoms with Crippen LogP contribution in [0.3, 0.4) is 0 Å². The fourth-order valence-electron chi connectivity index (χ4n) is 0.974. The summed E-state index contributed by atoms with van der Waals surface area (Å²) in [5, 5.41) is 0. The van der Waals surface area contributed by atoms with Crippen molar-refractivity contribution in [3.63, 3.8) is 0 Å². The molecule has 0 fully saturated rings. The fourth-order valence-corrected chi connectivity index (χ4v) is 1.34. The lowest BCUT2D eigenvalue weighted by atomic mass is 10.3. The first-order chi connectivity index (χ1) is 8.17. The second-order valence-electron chi connectivity index (χ2n) is 3.16. The summed E-state index contributed by atoms with van der Waals surface area (Å²) in [5.74, 6) is 1.55. The van der Waals surface area contributed by atoms with Crippen molar-refractivity contribution >= 4 is 11.8 Å². The van der Waals surface area contributed by atoms with E-state index in [-0.39, 0.29) is 0 Å². The van der Waals surface area contributed by atoms with Crippen LogP contribution in [0.2, 0.25) is 0 Å². The van der Waals surface area contributed by atoms with Crippen LogP contribution >= 0.6 is 11.8 Å². The summed E-state index contributed by atoms with van der Waals surface area (Å²) in [6, 6.07) is 0. The molecule has 0 unspecified atom stereocenters. The molecule has 92 valence electrons. The van der Waals surface area contributed by atoms with E-state index in [4.69, 9.17) is 4.74 Å². The van der Waals surface area contributed by atoms with E-state index in [9.17, 15) is 0 Å². The van der Waals surface area contributed by atoms with Crippen molar-refractivity contribution in [2.75, 3.05) is 6.26 Å². The van der Waals surface area contributed by atoms with Crippen LogP contribution in [0, 0.1) is 0 Å². The fraction of sp³-hybridized carbons (Fsp3) is 0.200. The van der Waals surface area contributed by atoms with Crippen LogP contribution in [-0.2, 0) is 4.74 Å². The Morgan fingerprint density at radius 3 is 2.29 bits per heavy atom. The van der Waals surface area contributed by atoms with E-state index in [1.54, 1.807) is 17.8 Å². The maximum absolute atomic E-state index is 5.61. The normalized spacial score (nSPS) is 13.9. The van der Waals surface area contributed by atoms with Gasteiger partial charge in [0.25, 0.3) is 0 Å². The quantitative estimate of drug-likeness (QED) is 0.464. The smallest absolute Gasteiger partial charge is 0.126 e. The van der Waals surface area contributed by atoms with Crippen LogP contribution in [0.1, 0.15) is 13.8 Å². The standard InChI is InChI=1S/C15H20OS/c1-6-9-10-14(7-2)16-13(4)11-12-15(8-3)17-5/h6-12H,2-3H2,1,4-5H3/b9-6-,13-11+,14-10+,15-12+. The van der Waals surface area contributed by atoms with Crippen LogP contribution in [0.25, 0.3) is 0 Å². The molecule has 0 aliphatic heterocycles. The molecule has 0 radical (unpaired) electrons. The van der Waals surface area contributed by atoms with Gasteiger partial charge in [-0.1, -0.05) is 31.4 Å². The number of hydrogen-bond acceptors (Lipinski definition) is 2. The van der Waals surface area contributed by atoms with Gasteiger partial charge in [0.15, 0.2) is 0 Å². The van der Waals surface area contributed by atoms with Gasteiger partial charge in [-0.25, -0.2) is 0 Å². The van der Waals surface area contributed by atoms with Gasteiger partial charge in [-0.05, 0) is 44.4 Å². The van der Waals surface area contributed by atoms with Crippen LogP contribution in [0.15, 0.2) is 72.1 Å². The molecule has 0 rings (SSSR count). The monoisotopic (exact) mass is 248 g/mol. The van der Waals surface area contributed by atoms with Crippen molar-refractivity contribution in [3.8, 4) is 0 Å². The lowest BCUT2D eigenvalue weighted by Gasteiger charge is -2.05. The first-order valence-corrected chi connectivity index (χ1v) is 6.58. The first kappa shape index (κ1) is 15.6. The van der Waals surface area contributed by atoms with Crippen molar-refractivity contribution in [2.45, 2.75) is 13.8 Å². The Morgan fingerprint density at radius 1 is 1.12 bits per heavy atom. The highest BCUT2D eigenvalue weighted by atomic mass is 32.2. The van der Waals surface area contributed by atoms with E-state index in [0.29, 0.717) is 0 Å². The Hall–Kier alpha value is -1.41. The number of thioether (sulfide) groups is 1. The summed E-state index contributed by atoms with van der Waals surface area (Å²) < 4.78 is 5.61. The summed E-state index contributed by atoms with van der Waals surface area (Å²) in [5.41, 5.74) is 0. The average molecular weight is 248 g/mol. The van der Waals surface area contributed by atoms with Crippen LogP contribution in [0.4, 0.5) is 0 Å². The third-order valence-electron chi connectivity index (χ3n) is 1.85. The minimum Gasteiger partial charge on any atom is -0.462 e. The third kappa shape index (κ3) is 7.47. The summed E-state index contributed by atoms with van der Waals surface area (Å²) in [6.07, 6.45) is 15.1. The van der Waals surface area contributed by atoms with Gasteiger partial charge in [-0.15, -0.1) is 11.8 Å². The summed E-state index contributed by atoms with van der Waals surface area (Å²) in [7, 11) is 0. The molecule has 2 heteroatoms. The molecule has 0 aromatic rings. The molecule has 0 N–H and O–H groups in total. The minimum absolute atomic E-state index is 0.731. The van der Waals surface area contributed by atoms with Crippen molar-refractivity contribution in [1.82, 2.24) is 0 Å². The van der Waals surface area contributed by atoms with E-state index in [1.165, 1.54) is 0 Å². The Bertz CT molecular complexity index is 370. The lowest BCUT2D eigenvalue weighted by Crippen LogP contribution is -1.86. The molecular weight excluding hydrogens is 228 g/mol. The molecule has 0 aliphatic rings. The largest absolute Gasteiger partial charge is 0.462 e. The van der Waals surface area contributed by atoms with Crippen LogP contribution < -0.4 is 0 Å². The van der Waals surface area contributed by atoms with Gasteiger partial charge in [0.2, 0.25) is 0 Å². The van der Waals surface area contributed by atoms with Gasteiger partial charge in [0, 0.05) is 4.91 Å². The van der Waals surface area contributed by atoms with Gasteiger partial charge < -0.3 is 4.74 Å². The molecule has 0 bridgehead atoms. The molecule has 1 nitrogen and oxygen atoms in total. The summed E-state index contributed by atoms with van der Waals surface area (Å²) >= 11 is 1.65. The van der Waals surface area contributed by atoms with Gasteiger partial charge >= 0.3 is 0 Å². The van der Waals surface area contributed by atoms with E-state index in [1.807, 2.05) is 56.6 Å². The van der Waals surface area contributed by atoms with E-state index < -0.39 is 0 Å². The molecular formula is C15H20OS. The Morgan fingerprint density at radius 2 is 1.82 bits per heavy atom. The molecule has 0 amide bonds. The number of allylic oxidation sites excluding steroid dienone is 8. The topological polar surface area (TPSA) is 9.23 Å². The predicted molar refractivity (Wildman–Crippen MR) is 79.7 cm³/mol. The average Bonchev–Trinajstić information content (AvgIpc) is 2.35. The van der Waals surface area contributed by atoms with Gasteiger partial charge in [-0.3, -0.25) is 0 Å². The van der Waals surface area contributed by atoms with E-state index in [0.717, 1.165) is 16.4 Å². The van der Waals surface area contributed by atoms with Crippen LogP contribution in [0.5, 0.6) is 0 Å². The zero-order chi connectivity index (χ0) is 13.1. The molecule has 0 atom stereocenters. The minimum atomic E-state index is 0.731. The molecule has 0 saturated heterocycles. The first-order valence-electron chi connectivity index (χ1n) is 5.36. The van der Waals surface area contributed by atoms with Crippen LogP contribution in [-0.4, -0.2) is 6.26 Å². The maximum atomic E-state index is 5.61. The Balaban J connectivity index is 4.66. The maximum Gasteiger partial charge on any atom is 0.126 e. The number of ether oxygens (including phenoxy) is 1. The van der Waals surface area contributed by atoms with Crippen molar-refractivity contribution in [3.05, 3.63) is 72.1 Å². The molecule has 0 heterocycles. The van der Waals surface area contributed by atoms with Crippen molar-refractivity contribution in [2.24, 2.45) is 0 Å². The van der Waals surface area contributed by atoms with E-state index >= 15 is 0 Å². The number of hydrogen-bond donors (Lipinski definition) is 0. The Labute approximate surface area is 109 Å². The molecule has 0 aliphatic carbocycles. The predicted octanol–water partition coefficient (Wildman–Crippen LogP) is 4.99.